The molecule has 0 spiro atoms. The fraction of sp³-hybridized carbons (Fsp3) is 0. The molecule has 3 nitrogen and oxygen atoms in total. The van der Waals surface area contributed by atoms with Crippen molar-refractivity contribution in [3.63, 3.8) is 0 Å². The zero-order valence-electron chi connectivity index (χ0n) is 17.3. The van der Waals surface area contributed by atoms with Crippen molar-refractivity contribution < 1.29 is 0 Å². The standard InChI is InChI=1S/C28H20N3P/c1-3-10-21(11-4-1)32(22-12-5-2-6-13-22)28-17-9-16-27(30-28)31-25-15-8-7-14-23(25)24-18-19-29-20-26(24)31/h1-20H. The van der Waals surface area contributed by atoms with E-state index in [4.69, 9.17) is 4.98 Å². The fourth-order valence-corrected chi connectivity index (χ4v) is 6.50. The van der Waals surface area contributed by atoms with Gasteiger partial charge in [0, 0.05) is 24.9 Å². The van der Waals surface area contributed by atoms with Gasteiger partial charge in [0.05, 0.1) is 22.7 Å². The van der Waals surface area contributed by atoms with E-state index in [1.807, 2.05) is 12.4 Å². The van der Waals surface area contributed by atoms with E-state index in [-0.39, 0.29) is 0 Å². The SMILES string of the molecule is c1ccc(P(c2ccccc2)c2cccc(-n3c4ccccc4c4ccncc43)n2)cc1. The molecule has 0 aliphatic carbocycles. The number of pyridine rings is 2. The molecule has 6 rings (SSSR count). The maximum atomic E-state index is 5.23. The lowest BCUT2D eigenvalue weighted by molar-refractivity contribution is 1.09. The summed E-state index contributed by atoms with van der Waals surface area (Å²) in [6, 6.07) is 38.3. The highest BCUT2D eigenvalue weighted by Crippen LogP contribution is 2.34. The first-order valence-electron chi connectivity index (χ1n) is 10.6. The topological polar surface area (TPSA) is 30.7 Å². The number of para-hydroxylation sites is 1. The molecule has 0 amide bonds. The van der Waals surface area contributed by atoms with E-state index in [9.17, 15) is 0 Å². The Kier molecular flexibility index (Phi) is 4.75. The van der Waals surface area contributed by atoms with Crippen LogP contribution in [0.1, 0.15) is 0 Å². The van der Waals surface area contributed by atoms with Crippen LogP contribution in [0.5, 0.6) is 0 Å². The largest absolute Gasteiger partial charge is 0.292 e. The highest BCUT2D eigenvalue weighted by molar-refractivity contribution is 7.79. The summed E-state index contributed by atoms with van der Waals surface area (Å²) >= 11 is 0. The average Bonchev–Trinajstić information content (AvgIpc) is 3.20. The molecule has 0 bridgehead atoms. The van der Waals surface area contributed by atoms with Crippen LogP contribution in [0.15, 0.2) is 122 Å². The molecule has 3 heterocycles. The predicted octanol–water partition coefficient (Wildman–Crippen LogP) is 5.33. The zero-order valence-corrected chi connectivity index (χ0v) is 18.2. The zero-order chi connectivity index (χ0) is 21.3. The third kappa shape index (κ3) is 3.19. The van der Waals surface area contributed by atoms with Gasteiger partial charge in [0.15, 0.2) is 0 Å². The van der Waals surface area contributed by atoms with Crippen LogP contribution in [0, 0.1) is 0 Å². The molecular formula is C28H20N3P. The Morgan fingerprint density at radius 3 is 1.97 bits per heavy atom. The maximum Gasteiger partial charge on any atom is 0.138 e. The monoisotopic (exact) mass is 429 g/mol. The summed E-state index contributed by atoms with van der Waals surface area (Å²) in [6.07, 6.45) is 3.79. The molecule has 3 aromatic carbocycles. The Bertz CT molecular complexity index is 1430. The number of fused-ring (bicyclic) bond motifs is 3. The lowest BCUT2D eigenvalue weighted by Crippen LogP contribution is -2.23. The molecular weight excluding hydrogens is 409 g/mol. The first kappa shape index (κ1) is 18.9. The minimum atomic E-state index is -0.765. The van der Waals surface area contributed by atoms with Gasteiger partial charge >= 0.3 is 0 Å². The van der Waals surface area contributed by atoms with Crippen LogP contribution in [-0.2, 0) is 0 Å². The van der Waals surface area contributed by atoms with Crippen molar-refractivity contribution in [3.05, 3.63) is 122 Å². The van der Waals surface area contributed by atoms with E-state index in [2.05, 4.69) is 119 Å². The molecule has 3 aromatic heterocycles. The predicted molar refractivity (Wildman–Crippen MR) is 135 cm³/mol. The van der Waals surface area contributed by atoms with Gasteiger partial charge in [0.25, 0.3) is 0 Å². The summed E-state index contributed by atoms with van der Waals surface area (Å²) < 4.78 is 2.23. The molecule has 0 saturated heterocycles. The van der Waals surface area contributed by atoms with Gasteiger partial charge in [-0.25, -0.2) is 4.98 Å². The van der Waals surface area contributed by atoms with Crippen LogP contribution < -0.4 is 16.0 Å². The normalized spacial score (nSPS) is 11.4. The van der Waals surface area contributed by atoms with Gasteiger partial charge in [-0.2, -0.15) is 0 Å². The first-order valence-corrected chi connectivity index (χ1v) is 12.0. The van der Waals surface area contributed by atoms with Crippen LogP contribution in [0.4, 0.5) is 0 Å². The van der Waals surface area contributed by atoms with Crippen molar-refractivity contribution in [1.29, 1.82) is 0 Å². The van der Waals surface area contributed by atoms with Crippen molar-refractivity contribution in [3.8, 4) is 5.82 Å². The Balaban J connectivity index is 1.59. The van der Waals surface area contributed by atoms with Crippen LogP contribution in [0.3, 0.4) is 0 Å². The van der Waals surface area contributed by atoms with Crippen molar-refractivity contribution in [2.45, 2.75) is 0 Å². The summed E-state index contributed by atoms with van der Waals surface area (Å²) in [7, 11) is -0.765. The third-order valence-electron chi connectivity index (χ3n) is 5.68. The summed E-state index contributed by atoms with van der Waals surface area (Å²) in [5, 5.41) is 4.99. The van der Waals surface area contributed by atoms with Crippen molar-refractivity contribution >= 4 is 45.8 Å². The molecule has 32 heavy (non-hydrogen) atoms. The van der Waals surface area contributed by atoms with E-state index in [1.165, 1.54) is 21.4 Å². The van der Waals surface area contributed by atoms with E-state index >= 15 is 0 Å². The van der Waals surface area contributed by atoms with Gasteiger partial charge in [0.1, 0.15) is 5.82 Å². The minimum absolute atomic E-state index is 0.765. The number of benzene rings is 3. The Morgan fingerprint density at radius 2 is 1.22 bits per heavy atom. The van der Waals surface area contributed by atoms with Crippen LogP contribution >= 0.6 is 7.92 Å². The molecule has 4 heteroatoms. The second-order valence-electron chi connectivity index (χ2n) is 7.61. The number of hydrogen-bond donors (Lipinski definition) is 0. The van der Waals surface area contributed by atoms with Crippen molar-refractivity contribution in [2.24, 2.45) is 0 Å². The van der Waals surface area contributed by atoms with E-state index in [1.54, 1.807) is 0 Å². The molecule has 0 fully saturated rings. The van der Waals surface area contributed by atoms with Gasteiger partial charge in [-0.15, -0.1) is 0 Å². The van der Waals surface area contributed by atoms with E-state index in [0.29, 0.717) is 0 Å². The van der Waals surface area contributed by atoms with Gasteiger partial charge < -0.3 is 0 Å². The molecule has 0 N–H and O–H groups in total. The van der Waals surface area contributed by atoms with E-state index < -0.39 is 7.92 Å². The molecule has 0 radical (unpaired) electrons. The number of hydrogen-bond acceptors (Lipinski definition) is 2. The highest BCUT2D eigenvalue weighted by atomic mass is 31.1. The number of aromatic nitrogens is 3. The molecule has 0 atom stereocenters. The summed E-state index contributed by atoms with van der Waals surface area (Å²) in [5.74, 6) is 0.918. The molecule has 0 saturated carbocycles. The summed E-state index contributed by atoms with van der Waals surface area (Å²) in [6.45, 7) is 0. The van der Waals surface area contributed by atoms with Gasteiger partial charge in [0.2, 0.25) is 0 Å². The van der Waals surface area contributed by atoms with Crippen LogP contribution in [0.25, 0.3) is 27.6 Å². The first-order chi connectivity index (χ1) is 15.9. The van der Waals surface area contributed by atoms with Gasteiger partial charge in [-0.1, -0.05) is 84.9 Å². The molecule has 0 aliphatic rings. The van der Waals surface area contributed by atoms with Crippen LogP contribution in [-0.4, -0.2) is 14.5 Å². The molecule has 6 aromatic rings. The Morgan fingerprint density at radius 1 is 0.562 bits per heavy atom. The highest BCUT2D eigenvalue weighted by Gasteiger charge is 2.19. The average molecular weight is 429 g/mol. The molecule has 0 unspecified atom stereocenters. The Labute approximate surface area is 187 Å². The van der Waals surface area contributed by atoms with Crippen LogP contribution in [0.2, 0.25) is 0 Å². The summed E-state index contributed by atoms with van der Waals surface area (Å²) in [5.41, 5.74) is 3.30. The van der Waals surface area contributed by atoms with E-state index in [0.717, 1.165) is 22.3 Å². The van der Waals surface area contributed by atoms with Crippen molar-refractivity contribution in [2.75, 3.05) is 0 Å². The number of nitrogens with zero attached hydrogens (tertiary/aromatic N) is 3. The smallest absolute Gasteiger partial charge is 0.138 e. The third-order valence-corrected chi connectivity index (χ3v) is 8.02. The summed E-state index contributed by atoms with van der Waals surface area (Å²) in [4.78, 5) is 9.64. The minimum Gasteiger partial charge on any atom is -0.292 e. The van der Waals surface area contributed by atoms with Crippen molar-refractivity contribution in [1.82, 2.24) is 14.5 Å². The quantitative estimate of drug-likeness (QED) is 0.355. The molecule has 152 valence electrons. The number of rotatable bonds is 4. The lowest BCUT2D eigenvalue weighted by atomic mass is 10.2. The Hall–Kier alpha value is -3.81. The lowest BCUT2D eigenvalue weighted by Gasteiger charge is -2.19. The molecule has 0 aliphatic heterocycles. The maximum absolute atomic E-state index is 5.23. The van der Waals surface area contributed by atoms with Gasteiger partial charge in [-0.3, -0.25) is 9.55 Å². The second kappa shape index (κ2) is 8.03. The fourth-order valence-electron chi connectivity index (χ4n) is 4.29. The van der Waals surface area contributed by atoms with Gasteiger partial charge in [-0.05, 0) is 34.9 Å². The second-order valence-corrected chi connectivity index (χ2v) is 9.77.